The molecular weight excluding hydrogens is 246 g/mol. The van der Waals surface area contributed by atoms with Crippen LogP contribution in [0.4, 0.5) is 10.5 Å². The number of hydrogen-bond acceptors (Lipinski definition) is 3. The van der Waals surface area contributed by atoms with E-state index in [-0.39, 0.29) is 12.2 Å². The van der Waals surface area contributed by atoms with E-state index in [9.17, 15) is 4.79 Å². The zero-order valence-corrected chi connectivity index (χ0v) is 11.3. The molecule has 1 aromatic rings. The maximum atomic E-state index is 11.8. The largest absolute Gasteiger partial charge is 0.445 e. The number of carbonyl (C=O) groups is 1. The minimum absolute atomic E-state index is 0.0662. The van der Waals surface area contributed by atoms with Crippen LogP contribution in [0.15, 0.2) is 23.1 Å². The van der Waals surface area contributed by atoms with Gasteiger partial charge < -0.3 is 4.74 Å². The average Bonchev–Trinajstić information content (AvgIpc) is 2.33. The van der Waals surface area contributed by atoms with Crippen LogP contribution in [0.25, 0.3) is 0 Å². The Kier molecular flexibility index (Phi) is 3.20. The van der Waals surface area contributed by atoms with Crippen LogP contribution in [-0.2, 0) is 4.74 Å². The molecule has 0 bridgehead atoms. The van der Waals surface area contributed by atoms with Crippen molar-refractivity contribution in [1.29, 1.82) is 0 Å². The lowest BCUT2D eigenvalue weighted by molar-refractivity contribution is 0.0901. The highest BCUT2D eigenvalue weighted by Crippen LogP contribution is 2.41. The van der Waals surface area contributed by atoms with Crippen LogP contribution in [0.3, 0.4) is 0 Å². The van der Waals surface area contributed by atoms with Crippen LogP contribution in [0, 0.1) is 6.92 Å². The minimum atomic E-state index is -0.306. The number of amides is 1. The normalized spacial score (nSPS) is 27.1. The predicted octanol–water partition coefficient (Wildman–Crippen LogP) is 3.96. The van der Waals surface area contributed by atoms with Crippen molar-refractivity contribution in [2.45, 2.75) is 48.9 Å². The van der Waals surface area contributed by atoms with Crippen LogP contribution in [-0.4, -0.2) is 17.4 Å². The highest BCUT2D eigenvalue weighted by molar-refractivity contribution is 8.00. The van der Waals surface area contributed by atoms with Gasteiger partial charge in [-0.2, -0.15) is 0 Å². The van der Waals surface area contributed by atoms with Gasteiger partial charge in [0.15, 0.2) is 0 Å². The van der Waals surface area contributed by atoms with Gasteiger partial charge in [-0.3, -0.25) is 5.32 Å². The van der Waals surface area contributed by atoms with Crippen LogP contribution < -0.4 is 5.32 Å². The van der Waals surface area contributed by atoms with Gasteiger partial charge in [0.1, 0.15) is 6.10 Å². The summed E-state index contributed by atoms with van der Waals surface area (Å²) in [6.45, 7) is 2.10. The standard InChI is InChI=1S/C14H17NO2S/c1-9-5-4-6-10-13(9)18-12-8-3-2-7-11(12)17-14(16)15-10/h4-6,11-12H,2-3,7-8H2,1H3,(H,15,16). The summed E-state index contributed by atoms with van der Waals surface area (Å²) >= 11 is 1.86. The number of anilines is 1. The van der Waals surface area contributed by atoms with Gasteiger partial charge in [0, 0.05) is 10.1 Å². The number of nitrogens with one attached hydrogen (secondary N) is 1. The first-order chi connectivity index (χ1) is 8.74. The number of aryl methyl sites for hydroxylation is 1. The Hall–Kier alpha value is -1.16. The zero-order chi connectivity index (χ0) is 12.5. The van der Waals surface area contributed by atoms with Crippen molar-refractivity contribution >= 4 is 23.5 Å². The first kappa shape index (κ1) is 11.9. The van der Waals surface area contributed by atoms with E-state index < -0.39 is 0 Å². The molecule has 1 aliphatic carbocycles. The topological polar surface area (TPSA) is 38.3 Å². The summed E-state index contributed by atoms with van der Waals surface area (Å²) in [7, 11) is 0. The van der Waals surface area contributed by atoms with E-state index in [2.05, 4.69) is 18.3 Å². The third-order valence-corrected chi connectivity index (χ3v) is 5.24. The van der Waals surface area contributed by atoms with Crippen LogP contribution in [0.5, 0.6) is 0 Å². The average molecular weight is 263 g/mol. The van der Waals surface area contributed by atoms with Crippen molar-refractivity contribution in [3.05, 3.63) is 23.8 Å². The molecule has 1 heterocycles. The number of hydrogen-bond donors (Lipinski definition) is 1. The maximum Gasteiger partial charge on any atom is 0.411 e. The van der Waals surface area contributed by atoms with Gasteiger partial charge in [-0.05, 0) is 37.8 Å². The highest BCUT2D eigenvalue weighted by Gasteiger charge is 2.32. The Morgan fingerprint density at radius 1 is 1.33 bits per heavy atom. The molecule has 1 N–H and O–H groups in total. The van der Waals surface area contributed by atoms with Gasteiger partial charge in [-0.25, -0.2) is 4.79 Å². The lowest BCUT2D eigenvalue weighted by Crippen LogP contribution is -2.35. The van der Waals surface area contributed by atoms with E-state index in [0.29, 0.717) is 5.25 Å². The molecule has 1 aromatic carbocycles. The molecular formula is C14H17NO2S. The van der Waals surface area contributed by atoms with Gasteiger partial charge in [-0.1, -0.05) is 18.6 Å². The number of rotatable bonds is 0. The number of thioether (sulfide) groups is 1. The molecule has 1 aliphatic heterocycles. The van der Waals surface area contributed by atoms with E-state index >= 15 is 0 Å². The molecule has 1 amide bonds. The molecule has 1 fully saturated rings. The molecule has 0 spiro atoms. The SMILES string of the molecule is Cc1cccc2c1SC1CCCCC1OC(=O)N2. The Balaban J connectivity index is 1.97. The summed E-state index contributed by atoms with van der Waals surface area (Å²) < 4.78 is 5.52. The number of ether oxygens (including phenoxy) is 1. The fourth-order valence-corrected chi connectivity index (χ4v) is 4.10. The van der Waals surface area contributed by atoms with Crippen molar-refractivity contribution in [1.82, 2.24) is 0 Å². The Morgan fingerprint density at radius 3 is 3.06 bits per heavy atom. The van der Waals surface area contributed by atoms with Crippen LogP contribution in [0.1, 0.15) is 31.2 Å². The first-order valence-electron chi connectivity index (χ1n) is 6.48. The second-order valence-electron chi connectivity index (χ2n) is 4.96. The molecule has 2 aliphatic rings. The maximum absolute atomic E-state index is 11.8. The van der Waals surface area contributed by atoms with Crippen molar-refractivity contribution in [3.63, 3.8) is 0 Å². The van der Waals surface area contributed by atoms with E-state index in [1.165, 1.54) is 16.9 Å². The Labute approximate surface area is 111 Å². The summed E-state index contributed by atoms with van der Waals surface area (Å²) in [6, 6.07) is 6.01. The summed E-state index contributed by atoms with van der Waals surface area (Å²) in [5, 5.41) is 3.26. The zero-order valence-electron chi connectivity index (χ0n) is 10.4. The number of benzene rings is 1. The van der Waals surface area contributed by atoms with Gasteiger partial charge in [0.25, 0.3) is 0 Å². The third-order valence-electron chi connectivity index (χ3n) is 3.62. The van der Waals surface area contributed by atoms with Crippen LogP contribution in [0.2, 0.25) is 0 Å². The monoisotopic (exact) mass is 263 g/mol. The summed E-state index contributed by atoms with van der Waals surface area (Å²) in [5.74, 6) is 0. The van der Waals surface area contributed by atoms with Gasteiger partial charge in [0.05, 0.1) is 5.69 Å². The van der Waals surface area contributed by atoms with Gasteiger partial charge >= 0.3 is 6.09 Å². The lowest BCUT2D eigenvalue weighted by Gasteiger charge is -2.33. The van der Waals surface area contributed by atoms with Crippen LogP contribution >= 0.6 is 11.8 Å². The molecule has 0 aromatic heterocycles. The first-order valence-corrected chi connectivity index (χ1v) is 7.36. The molecule has 2 atom stereocenters. The Morgan fingerprint density at radius 2 is 2.17 bits per heavy atom. The van der Waals surface area contributed by atoms with Crippen molar-refractivity contribution < 1.29 is 9.53 Å². The predicted molar refractivity (Wildman–Crippen MR) is 73.2 cm³/mol. The van der Waals surface area contributed by atoms with Gasteiger partial charge in [-0.15, -0.1) is 11.8 Å². The van der Waals surface area contributed by atoms with Crippen molar-refractivity contribution in [2.75, 3.05) is 5.32 Å². The molecule has 0 saturated heterocycles. The molecule has 2 unspecified atom stereocenters. The van der Waals surface area contributed by atoms with Crippen molar-refractivity contribution in [2.24, 2.45) is 0 Å². The molecule has 3 rings (SSSR count). The lowest BCUT2D eigenvalue weighted by atomic mass is 9.97. The van der Waals surface area contributed by atoms with E-state index in [1.54, 1.807) is 0 Å². The fraction of sp³-hybridized carbons (Fsp3) is 0.500. The van der Waals surface area contributed by atoms with Crippen molar-refractivity contribution in [3.8, 4) is 0 Å². The van der Waals surface area contributed by atoms with E-state index in [4.69, 9.17) is 4.74 Å². The minimum Gasteiger partial charge on any atom is -0.445 e. The summed E-state index contributed by atoms with van der Waals surface area (Å²) in [5.41, 5.74) is 2.11. The van der Waals surface area contributed by atoms with E-state index in [1.807, 2.05) is 23.9 Å². The van der Waals surface area contributed by atoms with E-state index in [0.717, 1.165) is 24.9 Å². The molecule has 3 nitrogen and oxygen atoms in total. The molecule has 18 heavy (non-hydrogen) atoms. The second kappa shape index (κ2) is 4.84. The Bertz CT molecular complexity index is 475. The smallest absolute Gasteiger partial charge is 0.411 e. The second-order valence-corrected chi connectivity index (χ2v) is 6.21. The highest BCUT2D eigenvalue weighted by atomic mass is 32.2. The molecule has 4 heteroatoms. The number of fused-ring (bicyclic) bond motifs is 2. The molecule has 96 valence electrons. The molecule has 0 radical (unpaired) electrons. The number of carbonyl (C=O) groups excluding carboxylic acids is 1. The third kappa shape index (κ3) is 2.21. The summed E-state index contributed by atoms with van der Waals surface area (Å²) in [4.78, 5) is 13.0. The quantitative estimate of drug-likeness (QED) is 0.770. The van der Waals surface area contributed by atoms with Gasteiger partial charge in [0.2, 0.25) is 0 Å². The molecule has 1 saturated carbocycles. The fourth-order valence-electron chi connectivity index (χ4n) is 2.67. The summed E-state index contributed by atoms with van der Waals surface area (Å²) in [6.07, 6.45) is 4.29.